The van der Waals surface area contributed by atoms with Crippen LogP contribution < -0.4 is 5.73 Å². The molecule has 0 radical (unpaired) electrons. The molecule has 0 heterocycles. The molecule has 1 aromatic rings. The number of likely N-dealkylation sites (N-methyl/N-ethyl adjacent to an activating group) is 2. The minimum Gasteiger partial charge on any atom is -0.329 e. The van der Waals surface area contributed by atoms with E-state index in [1.807, 2.05) is 0 Å². The summed E-state index contributed by atoms with van der Waals surface area (Å²) < 4.78 is 0. The van der Waals surface area contributed by atoms with Crippen LogP contribution >= 0.6 is 0 Å². The molecule has 2 rings (SSSR count). The zero-order valence-corrected chi connectivity index (χ0v) is 13.2. The highest BCUT2D eigenvalue weighted by Gasteiger charge is 2.40. The molecular weight excluding hydrogens is 246 g/mol. The number of hydrogen-bond acceptors (Lipinski definition) is 3. The van der Waals surface area contributed by atoms with E-state index in [1.54, 1.807) is 0 Å². The van der Waals surface area contributed by atoms with E-state index in [-0.39, 0.29) is 0 Å². The summed E-state index contributed by atoms with van der Waals surface area (Å²) in [6, 6.07) is 11.1. The number of nitrogens with two attached hydrogens (primary N) is 1. The van der Waals surface area contributed by atoms with Gasteiger partial charge in [0.05, 0.1) is 0 Å². The third-order valence-electron chi connectivity index (χ3n) is 4.99. The van der Waals surface area contributed by atoms with E-state index in [2.05, 4.69) is 61.3 Å². The predicted molar refractivity (Wildman–Crippen MR) is 85.9 cm³/mol. The molecule has 112 valence electrons. The van der Waals surface area contributed by atoms with Crippen LogP contribution in [0.25, 0.3) is 0 Å². The molecule has 20 heavy (non-hydrogen) atoms. The monoisotopic (exact) mass is 275 g/mol. The minimum absolute atomic E-state index is 0.374. The molecule has 0 bridgehead atoms. The van der Waals surface area contributed by atoms with Crippen LogP contribution in [0.1, 0.15) is 24.8 Å². The van der Waals surface area contributed by atoms with Crippen molar-refractivity contribution in [3.05, 3.63) is 35.9 Å². The van der Waals surface area contributed by atoms with Gasteiger partial charge in [-0.1, -0.05) is 30.3 Å². The highest BCUT2D eigenvalue weighted by atomic mass is 15.2. The van der Waals surface area contributed by atoms with E-state index < -0.39 is 0 Å². The van der Waals surface area contributed by atoms with Gasteiger partial charge in [0.2, 0.25) is 0 Å². The molecule has 0 aromatic heterocycles. The van der Waals surface area contributed by atoms with Crippen molar-refractivity contribution in [1.82, 2.24) is 9.80 Å². The van der Waals surface area contributed by atoms with Crippen LogP contribution in [0.3, 0.4) is 0 Å². The predicted octanol–water partition coefficient (Wildman–Crippen LogP) is 1.97. The maximum atomic E-state index is 6.02. The first-order valence-electron chi connectivity index (χ1n) is 7.69. The summed E-state index contributed by atoms with van der Waals surface area (Å²) in [4.78, 5) is 4.87. The van der Waals surface area contributed by atoms with Crippen LogP contribution in [0.15, 0.2) is 30.3 Å². The van der Waals surface area contributed by atoms with Crippen molar-refractivity contribution in [3.8, 4) is 0 Å². The highest BCUT2D eigenvalue weighted by Crippen LogP contribution is 2.37. The van der Waals surface area contributed by atoms with Gasteiger partial charge in [0.25, 0.3) is 0 Å². The fraction of sp³-hybridized carbons (Fsp3) is 0.647. The second-order valence-electron chi connectivity index (χ2n) is 6.47. The Morgan fingerprint density at radius 1 is 1.15 bits per heavy atom. The summed E-state index contributed by atoms with van der Waals surface area (Å²) in [5, 5.41) is 0. The summed E-state index contributed by atoms with van der Waals surface area (Å²) in [5.74, 6) is 0. The minimum atomic E-state index is 0.374. The van der Waals surface area contributed by atoms with Crippen molar-refractivity contribution in [1.29, 1.82) is 0 Å². The Balaban J connectivity index is 1.97. The molecular formula is C17H29N3. The topological polar surface area (TPSA) is 32.5 Å². The van der Waals surface area contributed by atoms with E-state index >= 15 is 0 Å². The summed E-state index contributed by atoms with van der Waals surface area (Å²) in [6.07, 6.45) is 5.02. The van der Waals surface area contributed by atoms with Crippen LogP contribution in [0, 0.1) is 0 Å². The Morgan fingerprint density at radius 3 is 2.25 bits per heavy atom. The molecule has 0 saturated heterocycles. The van der Waals surface area contributed by atoms with E-state index in [4.69, 9.17) is 5.73 Å². The molecule has 0 spiro atoms. The number of hydrogen-bond donors (Lipinski definition) is 1. The third kappa shape index (κ3) is 3.40. The van der Waals surface area contributed by atoms with Crippen LogP contribution in [0.5, 0.6) is 0 Å². The second-order valence-corrected chi connectivity index (χ2v) is 6.47. The lowest BCUT2D eigenvalue weighted by Crippen LogP contribution is -2.59. The molecule has 2 N–H and O–H groups in total. The Kier molecular flexibility index (Phi) is 5.19. The molecule has 0 amide bonds. The first-order valence-corrected chi connectivity index (χ1v) is 7.69. The standard InChI is InChI=1S/C17H29N3/c1-19(2)17(10-7-11-17)14-20(3)16(13-18)12-15-8-5-4-6-9-15/h4-6,8-9,16H,7,10-14,18H2,1-3H3. The first kappa shape index (κ1) is 15.5. The Morgan fingerprint density at radius 2 is 1.80 bits per heavy atom. The van der Waals surface area contributed by atoms with Gasteiger partial charge in [-0.15, -0.1) is 0 Å². The van der Waals surface area contributed by atoms with Crippen molar-refractivity contribution >= 4 is 0 Å². The second kappa shape index (κ2) is 6.70. The van der Waals surface area contributed by atoms with Gasteiger partial charge in [-0.2, -0.15) is 0 Å². The molecule has 1 aromatic carbocycles. The zero-order valence-electron chi connectivity index (χ0n) is 13.2. The average molecular weight is 275 g/mol. The summed E-state index contributed by atoms with van der Waals surface area (Å²) in [7, 11) is 6.65. The maximum Gasteiger partial charge on any atom is 0.0330 e. The van der Waals surface area contributed by atoms with E-state index in [9.17, 15) is 0 Å². The van der Waals surface area contributed by atoms with Crippen LogP contribution in [0.4, 0.5) is 0 Å². The lowest BCUT2D eigenvalue weighted by Gasteiger charge is -2.50. The largest absolute Gasteiger partial charge is 0.329 e. The van der Waals surface area contributed by atoms with Crippen molar-refractivity contribution < 1.29 is 0 Å². The fourth-order valence-electron chi connectivity index (χ4n) is 3.23. The lowest BCUT2D eigenvalue weighted by atomic mass is 9.75. The number of benzene rings is 1. The fourth-order valence-corrected chi connectivity index (χ4v) is 3.23. The van der Waals surface area contributed by atoms with Crippen LogP contribution in [-0.4, -0.2) is 55.6 Å². The van der Waals surface area contributed by atoms with Gasteiger partial charge in [-0.05, 0) is 52.4 Å². The van der Waals surface area contributed by atoms with E-state index in [0.717, 1.165) is 19.5 Å². The summed E-state index contributed by atoms with van der Waals surface area (Å²) >= 11 is 0. The molecule has 1 aliphatic rings. The van der Waals surface area contributed by atoms with Gasteiger partial charge in [-0.25, -0.2) is 0 Å². The van der Waals surface area contributed by atoms with Crippen molar-refractivity contribution in [2.45, 2.75) is 37.3 Å². The van der Waals surface area contributed by atoms with E-state index in [0.29, 0.717) is 11.6 Å². The number of rotatable bonds is 7. The van der Waals surface area contributed by atoms with Gasteiger partial charge in [0.1, 0.15) is 0 Å². The third-order valence-corrected chi connectivity index (χ3v) is 4.99. The zero-order chi connectivity index (χ0) is 14.6. The molecule has 1 unspecified atom stereocenters. The molecule has 3 nitrogen and oxygen atoms in total. The van der Waals surface area contributed by atoms with E-state index in [1.165, 1.54) is 24.8 Å². The van der Waals surface area contributed by atoms with Crippen molar-refractivity contribution in [3.63, 3.8) is 0 Å². The summed E-state index contributed by atoms with van der Waals surface area (Å²) in [6.45, 7) is 1.84. The smallest absolute Gasteiger partial charge is 0.0330 e. The molecule has 3 heteroatoms. The SMILES string of the molecule is CN(CC1(N(C)C)CCC1)C(CN)Cc1ccccc1. The molecule has 1 atom stereocenters. The Labute approximate surface area is 123 Å². The van der Waals surface area contributed by atoms with Gasteiger partial charge in [-0.3, -0.25) is 4.90 Å². The highest BCUT2D eigenvalue weighted by molar-refractivity contribution is 5.16. The average Bonchev–Trinajstić information content (AvgIpc) is 2.40. The lowest BCUT2D eigenvalue weighted by molar-refractivity contribution is 0.0171. The molecule has 1 fully saturated rings. The maximum absolute atomic E-state index is 6.02. The molecule has 1 aliphatic carbocycles. The molecule has 1 saturated carbocycles. The van der Waals surface area contributed by atoms with Gasteiger partial charge in [0.15, 0.2) is 0 Å². The van der Waals surface area contributed by atoms with Crippen LogP contribution in [-0.2, 0) is 6.42 Å². The van der Waals surface area contributed by atoms with Crippen molar-refractivity contribution in [2.75, 3.05) is 34.2 Å². The normalized spacial score (nSPS) is 19.1. The quantitative estimate of drug-likeness (QED) is 0.826. The van der Waals surface area contributed by atoms with Crippen LogP contribution in [0.2, 0.25) is 0 Å². The molecule has 0 aliphatic heterocycles. The first-order chi connectivity index (χ1) is 9.57. The Hall–Kier alpha value is -0.900. The Bertz CT molecular complexity index is 398. The van der Waals surface area contributed by atoms with Gasteiger partial charge >= 0.3 is 0 Å². The van der Waals surface area contributed by atoms with Gasteiger partial charge < -0.3 is 10.6 Å². The summed E-state index contributed by atoms with van der Waals surface area (Å²) in [5.41, 5.74) is 7.77. The van der Waals surface area contributed by atoms with Crippen molar-refractivity contribution in [2.24, 2.45) is 5.73 Å². The number of nitrogens with zero attached hydrogens (tertiary/aromatic N) is 2. The van der Waals surface area contributed by atoms with Gasteiger partial charge in [0, 0.05) is 24.7 Å².